The first-order valence-corrected chi connectivity index (χ1v) is 26.7. The minimum atomic E-state index is -1.03. The van der Waals surface area contributed by atoms with Crippen molar-refractivity contribution in [2.45, 2.75) is 145 Å². The summed E-state index contributed by atoms with van der Waals surface area (Å²) in [4.78, 5) is 0. The molecule has 0 saturated heterocycles. The Balaban J connectivity index is 1.27. The van der Waals surface area contributed by atoms with Crippen LogP contribution in [0.4, 0.5) is 0 Å². The number of ether oxygens (including phenoxy) is 4. The predicted molar refractivity (Wildman–Crippen MR) is 259 cm³/mol. The van der Waals surface area contributed by atoms with Gasteiger partial charge in [-0.1, -0.05) is 40.9 Å². The fraction of sp³-hybridized carbons (Fsp3) is 0.725. The molecule has 2 aromatic carbocycles. The third-order valence-corrected chi connectivity index (χ3v) is 17.8. The summed E-state index contributed by atoms with van der Waals surface area (Å²) in [7, 11) is 5.84. The molecule has 0 aromatic heterocycles. The molecule has 1 spiro atoms. The molecule has 2 aliphatic carbocycles. The SMILES string of the molecule is COc1cc(CC2C(O)CSSC(CCO)c3cc(O)c(OC4CCC5CNCCC#CC6(CC(C)CCC6CCC(O)CCCO)C5C4)cc3CCC(OCO)CC2O)cc(OC)c1O. The second-order valence-corrected chi connectivity index (χ2v) is 22.0. The van der Waals surface area contributed by atoms with Gasteiger partial charge in [-0.25, -0.2) is 0 Å². The fourth-order valence-electron chi connectivity index (χ4n) is 11.5. The number of hydrogen-bond donors (Lipinski definition) is 9. The molecule has 9 N–H and O–H groups in total. The van der Waals surface area contributed by atoms with Gasteiger partial charge in [0.15, 0.2) is 23.0 Å². The molecule has 0 amide bonds. The van der Waals surface area contributed by atoms with Crippen LogP contribution in [0, 0.1) is 46.8 Å². The highest BCUT2D eigenvalue weighted by Gasteiger charge is 2.52. The Bertz CT molecular complexity index is 1850. The van der Waals surface area contributed by atoms with Crippen molar-refractivity contribution in [2.75, 3.05) is 53.1 Å². The van der Waals surface area contributed by atoms with E-state index < -0.39 is 37.1 Å². The number of nitrogens with one attached hydrogen (secondary N) is 1. The summed E-state index contributed by atoms with van der Waals surface area (Å²) in [5.74, 6) is 9.40. The Morgan fingerprint density at radius 3 is 2.39 bits per heavy atom. The molecule has 0 radical (unpaired) electrons. The molecule has 2 fully saturated rings. The fourth-order valence-corrected chi connectivity index (χ4v) is 14.4. The summed E-state index contributed by atoms with van der Waals surface area (Å²) in [6, 6.07) is 7.03. The van der Waals surface area contributed by atoms with Crippen molar-refractivity contribution in [1.82, 2.24) is 5.32 Å². The van der Waals surface area contributed by atoms with E-state index in [1.807, 2.05) is 6.07 Å². The van der Waals surface area contributed by atoms with E-state index in [4.69, 9.17) is 18.9 Å². The number of aryl methyl sites for hydroxylation is 1. The monoisotopic (exact) mass is 959 g/mol. The number of aromatic hydroxyl groups is 2. The van der Waals surface area contributed by atoms with E-state index in [0.717, 1.165) is 75.6 Å². The van der Waals surface area contributed by atoms with Gasteiger partial charge in [0.2, 0.25) is 5.75 Å². The van der Waals surface area contributed by atoms with Gasteiger partial charge in [0, 0.05) is 48.5 Å². The summed E-state index contributed by atoms with van der Waals surface area (Å²) in [6.07, 6.45) is 7.89. The summed E-state index contributed by atoms with van der Waals surface area (Å²) in [6.45, 7) is 3.56. The molecule has 0 bridgehead atoms. The number of phenolic OH excluding ortho intramolecular Hbond substituents is 2. The minimum Gasteiger partial charge on any atom is -0.504 e. The van der Waals surface area contributed by atoms with Crippen LogP contribution in [-0.2, 0) is 17.6 Å². The molecule has 2 saturated carbocycles. The van der Waals surface area contributed by atoms with Gasteiger partial charge in [-0.3, -0.25) is 0 Å². The van der Waals surface area contributed by atoms with Crippen molar-refractivity contribution in [3.05, 3.63) is 41.0 Å². The lowest BCUT2D eigenvalue weighted by atomic mass is 9.51. The molecule has 4 aliphatic rings. The van der Waals surface area contributed by atoms with Crippen molar-refractivity contribution >= 4 is 21.6 Å². The third kappa shape index (κ3) is 13.6. The van der Waals surface area contributed by atoms with Gasteiger partial charge < -0.3 is 65.1 Å². The maximum atomic E-state index is 11.8. The Hall–Kier alpha value is -2.62. The highest BCUT2D eigenvalue weighted by atomic mass is 33.1. The number of phenols is 2. The second kappa shape index (κ2) is 25.8. The molecular weight excluding hydrogens is 883 g/mol. The molecule has 2 aliphatic heterocycles. The molecule has 6 rings (SSSR count). The quantitative estimate of drug-likeness (QED) is 0.0489. The number of aliphatic hydroxyl groups is 6. The van der Waals surface area contributed by atoms with Crippen molar-refractivity contribution in [2.24, 2.45) is 35.0 Å². The molecule has 15 heteroatoms. The Labute approximate surface area is 400 Å². The Kier molecular flexibility index (Phi) is 20.6. The van der Waals surface area contributed by atoms with Gasteiger partial charge in [-0.15, -0.1) is 5.92 Å². The van der Waals surface area contributed by atoms with Gasteiger partial charge in [-0.05, 0) is 161 Å². The Morgan fingerprint density at radius 2 is 1.67 bits per heavy atom. The first-order valence-electron chi connectivity index (χ1n) is 24.4. The average Bonchev–Trinajstić information content (AvgIpc) is 3.39. The largest absolute Gasteiger partial charge is 0.504 e. The van der Waals surface area contributed by atoms with Crippen LogP contribution in [0.2, 0.25) is 0 Å². The lowest BCUT2D eigenvalue weighted by Crippen LogP contribution is -2.50. The van der Waals surface area contributed by atoms with E-state index in [0.29, 0.717) is 67.6 Å². The van der Waals surface area contributed by atoms with Gasteiger partial charge >= 0.3 is 0 Å². The number of rotatable bonds is 16. The van der Waals surface area contributed by atoms with Gasteiger partial charge in [0.05, 0.1) is 44.7 Å². The van der Waals surface area contributed by atoms with Gasteiger partial charge in [-0.2, -0.15) is 0 Å². The van der Waals surface area contributed by atoms with E-state index in [2.05, 4.69) is 24.1 Å². The number of aliphatic hydroxyl groups excluding tert-OH is 6. The predicted octanol–water partition coefficient (Wildman–Crippen LogP) is 6.67. The van der Waals surface area contributed by atoms with Crippen molar-refractivity contribution in [1.29, 1.82) is 0 Å². The molecule has 12 atom stereocenters. The summed E-state index contributed by atoms with van der Waals surface area (Å²) >= 11 is 0. The number of hydrogen-bond acceptors (Lipinski definition) is 15. The first kappa shape index (κ1) is 52.7. The van der Waals surface area contributed by atoms with Gasteiger partial charge in [0.25, 0.3) is 0 Å². The zero-order valence-corrected chi connectivity index (χ0v) is 40.9. The molecule has 66 heavy (non-hydrogen) atoms. The smallest absolute Gasteiger partial charge is 0.200 e. The van der Waals surface area contributed by atoms with E-state index in [-0.39, 0.29) is 77.5 Å². The van der Waals surface area contributed by atoms with E-state index >= 15 is 0 Å². The van der Waals surface area contributed by atoms with Crippen molar-refractivity contribution in [3.63, 3.8) is 0 Å². The zero-order valence-electron chi connectivity index (χ0n) is 39.2. The van der Waals surface area contributed by atoms with Crippen molar-refractivity contribution < 1.29 is 59.8 Å². The molecule has 13 nitrogen and oxygen atoms in total. The minimum absolute atomic E-state index is 0.0267. The standard InChI is InChI=1S/C51H77NO12S2/c1-32-8-11-36(12-13-37(56)7-6-19-53)51(28-32)17-4-5-18-52-29-35-10-15-39(25-42(35)51)64-46-24-34-9-14-38(63-31-55)26-43(57)41(21-33-22-47(61-2)50(60)48(23-33)62-3)45(59)30-65-66-49(16-20-54)40(34)27-44(46)58/h22-24,27,32,35-39,41-43,45,49,52-60H,5-16,18-21,25-26,28-31H2,1-3H3. The summed E-state index contributed by atoms with van der Waals surface area (Å²) in [5, 5.41) is 89.9. The van der Waals surface area contributed by atoms with Crippen LogP contribution in [0.5, 0.6) is 28.7 Å². The van der Waals surface area contributed by atoms with E-state index in [1.165, 1.54) is 35.8 Å². The van der Waals surface area contributed by atoms with Crippen LogP contribution in [0.15, 0.2) is 24.3 Å². The lowest BCUT2D eigenvalue weighted by molar-refractivity contribution is -0.0808. The highest BCUT2D eigenvalue weighted by molar-refractivity contribution is 8.76. The molecule has 2 aromatic rings. The van der Waals surface area contributed by atoms with E-state index in [1.54, 1.807) is 18.2 Å². The normalized spacial score (nSPS) is 31.5. The van der Waals surface area contributed by atoms with E-state index in [9.17, 15) is 40.9 Å². The van der Waals surface area contributed by atoms with Crippen molar-refractivity contribution in [3.8, 4) is 40.6 Å². The van der Waals surface area contributed by atoms with Crippen LogP contribution in [0.25, 0.3) is 0 Å². The average molecular weight is 960 g/mol. The number of fused-ring (bicyclic) bond motifs is 3. The highest BCUT2D eigenvalue weighted by Crippen LogP contribution is 2.57. The molecule has 370 valence electrons. The van der Waals surface area contributed by atoms with Crippen LogP contribution in [0.1, 0.15) is 119 Å². The lowest BCUT2D eigenvalue weighted by Gasteiger charge is -2.53. The van der Waals surface area contributed by atoms with Crippen LogP contribution >= 0.6 is 21.6 Å². The maximum Gasteiger partial charge on any atom is 0.200 e. The molecule has 2 heterocycles. The van der Waals surface area contributed by atoms with Crippen LogP contribution in [-0.4, -0.2) is 124 Å². The maximum absolute atomic E-state index is 11.8. The first-order chi connectivity index (χ1) is 31.9. The number of benzene rings is 2. The second-order valence-electron chi connectivity index (χ2n) is 19.3. The summed E-state index contributed by atoms with van der Waals surface area (Å²) in [5.41, 5.74) is 2.24. The number of methoxy groups -OCH3 is 2. The summed E-state index contributed by atoms with van der Waals surface area (Å²) < 4.78 is 23.5. The topological polar surface area (TPSA) is 211 Å². The third-order valence-electron chi connectivity index (χ3n) is 15.0. The van der Waals surface area contributed by atoms with Crippen LogP contribution < -0.4 is 19.5 Å². The Morgan fingerprint density at radius 1 is 0.879 bits per heavy atom. The van der Waals surface area contributed by atoms with Gasteiger partial charge in [0.1, 0.15) is 6.79 Å². The molecular formula is C51H77NO12S2. The molecule has 12 unspecified atom stereocenters. The van der Waals surface area contributed by atoms with Crippen LogP contribution in [0.3, 0.4) is 0 Å². The zero-order chi connectivity index (χ0) is 47.2.